The van der Waals surface area contributed by atoms with Gasteiger partial charge < -0.3 is 9.47 Å². The highest BCUT2D eigenvalue weighted by Crippen LogP contribution is 2.38. The number of carbonyl (C=O) groups is 2. The maximum absolute atomic E-state index is 13.0. The third kappa shape index (κ3) is 3.23. The fourth-order valence-corrected chi connectivity index (χ4v) is 4.87. The molecule has 0 spiro atoms. The minimum atomic E-state index is -0.296. The minimum absolute atomic E-state index is 0.296. The fourth-order valence-electron chi connectivity index (χ4n) is 4.87. The molecule has 0 bridgehead atoms. The Morgan fingerprint density at radius 3 is 1.50 bits per heavy atom. The van der Waals surface area contributed by atoms with Gasteiger partial charge in [0, 0.05) is 0 Å². The average molecular weight is 424 g/mol. The van der Waals surface area contributed by atoms with Gasteiger partial charge in [-0.2, -0.15) is 0 Å². The van der Waals surface area contributed by atoms with Crippen molar-refractivity contribution in [2.45, 2.75) is 26.7 Å². The van der Waals surface area contributed by atoms with E-state index in [2.05, 4.69) is 12.1 Å². The number of ether oxygens (including phenoxy) is 2. The summed E-state index contributed by atoms with van der Waals surface area (Å²) in [5.41, 5.74) is 5.35. The smallest absolute Gasteiger partial charge is 0.339 e. The lowest BCUT2D eigenvalue weighted by Gasteiger charge is -2.26. The van der Waals surface area contributed by atoms with Crippen molar-refractivity contribution in [3.63, 3.8) is 0 Å². The molecule has 4 nitrogen and oxygen atoms in total. The molecule has 0 fully saturated rings. The van der Waals surface area contributed by atoms with Crippen molar-refractivity contribution in [3.05, 3.63) is 94.0 Å². The van der Waals surface area contributed by atoms with Crippen LogP contribution >= 0.6 is 0 Å². The highest BCUT2D eigenvalue weighted by atomic mass is 16.5. The summed E-state index contributed by atoms with van der Waals surface area (Å²) in [5.74, 6) is -0.592. The molecule has 0 saturated carbocycles. The van der Waals surface area contributed by atoms with Crippen LogP contribution in [-0.4, -0.2) is 25.2 Å². The van der Waals surface area contributed by atoms with Crippen LogP contribution in [0.4, 0.5) is 0 Å². The third-order valence-corrected chi connectivity index (χ3v) is 6.19. The third-order valence-electron chi connectivity index (χ3n) is 6.19. The van der Waals surface area contributed by atoms with E-state index < -0.39 is 0 Å². The highest BCUT2D eigenvalue weighted by Gasteiger charge is 2.29. The van der Waals surface area contributed by atoms with Gasteiger partial charge >= 0.3 is 11.9 Å². The van der Waals surface area contributed by atoms with Gasteiger partial charge in [0.05, 0.1) is 24.3 Å². The van der Waals surface area contributed by atoms with E-state index in [4.69, 9.17) is 9.47 Å². The zero-order valence-corrected chi connectivity index (χ0v) is 18.2. The largest absolute Gasteiger partial charge is 0.462 e. The van der Waals surface area contributed by atoms with Gasteiger partial charge in [-0.25, -0.2) is 9.59 Å². The van der Waals surface area contributed by atoms with E-state index >= 15 is 0 Å². The topological polar surface area (TPSA) is 52.6 Å². The van der Waals surface area contributed by atoms with Crippen molar-refractivity contribution >= 4 is 33.5 Å². The van der Waals surface area contributed by atoms with Crippen LogP contribution in [0.5, 0.6) is 0 Å². The first-order valence-electron chi connectivity index (χ1n) is 11.0. The van der Waals surface area contributed by atoms with Gasteiger partial charge in [-0.1, -0.05) is 60.7 Å². The summed E-state index contributed by atoms with van der Waals surface area (Å²) in [4.78, 5) is 26.0. The molecule has 0 atom stereocenters. The van der Waals surface area contributed by atoms with Crippen molar-refractivity contribution in [3.8, 4) is 0 Å². The summed E-state index contributed by atoms with van der Waals surface area (Å²) in [6.07, 6.45) is 1.14. The molecule has 160 valence electrons. The fraction of sp³-hybridized carbons (Fsp3) is 0.214. The highest BCUT2D eigenvalue weighted by molar-refractivity contribution is 6.09. The molecule has 1 aliphatic rings. The quantitative estimate of drug-likeness (QED) is 0.340. The van der Waals surface area contributed by atoms with Gasteiger partial charge in [-0.05, 0) is 70.5 Å². The molecule has 0 heterocycles. The number of esters is 2. The summed E-state index contributed by atoms with van der Waals surface area (Å²) in [6, 6.07) is 20.1. The summed E-state index contributed by atoms with van der Waals surface area (Å²) < 4.78 is 10.9. The van der Waals surface area contributed by atoms with Crippen LogP contribution in [0.3, 0.4) is 0 Å². The van der Waals surface area contributed by atoms with Crippen LogP contribution in [0.2, 0.25) is 0 Å². The molecule has 32 heavy (non-hydrogen) atoms. The van der Waals surface area contributed by atoms with Crippen molar-refractivity contribution in [2.24, 2.45) is 0 Å². The number of rotatable bonds is 4. The van der Waals surface area contributed by atoms with Crippen molar-refractivity contribution in [1.82, 2.24) is 0 Å². The van der Waals surface area contributed by atoms with E-state index in [1.807, 2.05) is 62.4 Å². The number of benzene rings is 4. The van der Waals surface area contributed by atoms with Gasteiger partial charge in [-0.15, -0.1) is 0 Å². The Morgan fingerprint density at radius 1 is 0.688 bits per heavy atom. The molecular weight excluding hydrogens is 400 g/mol. The van der Waals surface area contributed by atoms with E-state index in [0.717, 1.165) is 43.8 Å². The molecule has 0 aliphatic heterocycles. The van der Waals surface area contributed by atoms with Crippen LogP contribution in [0.1, 0.15) is 56.8 Å². The van der Waals surface area contributed by atoms with Crippen LogP contribution in [0, 0.1) is 0 Å². The van der Waals surface area contributed by atoms with E-state index in [1.165, 1.54) is 0 Å². The minimum Gasteiger partial charge on any atom is -0.462 e. The van der Waals surface area contributed by atoms with Gasteiger partial charge in [-0.3, -0.25) is 0 Å². The molecule has 4 heteroatoms. The van der Waals surface area contributed by atoms with Crippen molar-refractivity contribution < 1.29 is 19.1 Å². The lowest BCUT2D eigenvalue weighted by Crippen LogP contribution is -2.19. The molecule has 1 aliphatic carbocycles. The Labute approximate surface area is 186 Å². The zero-order chi connectivity index (χ0) is 22.2. The van der Waals surface area contributed by atoms with Gasteiger partial charge in [0.2, 0.25) is 0 Å². The number of hydrogen-bond donors (Lipinski definition) is 0. The Kier molecular flexibility index (Phi) is 5.14. The van der Waals surface area contributed by atoms with E-state index in [9.17, 15) is 9.59 Å². The average Bonchev–Trinajstić information content (AvgIpc) is 2.80. The summed E-state index contributed by atoms with van der Waals surface area (Å²) in [7, 11) is 0. The summed E-state index contributed by atoms with van der Waals surface area (Å²) >= 11 is 0. The molecule has 4 aromatic carbocycles. The number of fused-ring (bicyclic) bond motifs is 4. The molecule has 0 saturated heterocycles. The SMILES string of the molecule is CCOC(=O)c1c2c(cc3ccccc13)Cc1c(cc3ccccc3c1C(=O)OCC)C2. The predicted octanol–water partition coefficient (Wildman–Crippen LogP) is 5.84. The standard InChI is InChI=1S/C28H24O4/c1-3-31-27(29)25-21-11-7-5-9-17(21)13-19-16-24-20(15-23(19)25)14-18-10-6-8-12-22(18)26(24)28(30)32-4-2/h5-14H,3-4,15-16H2,1-2H3. The first-order chi connectivity index (χ1) is 15.6. The lowest BCUT2D eigenvalue weighted by molar-refractivity contribution is 0.0516. The summed E-state index contributed by atoms with van der Waals surface area (Å²) in [6.45, 7) is 4.29. The number of carbonyl (C=O) groups excluding carboxylic acids is 2. The zero-order valence-electron chi connectivity index (χ0n) is 18.2. The predicted molar refractivity (Wildman–Crippen MR) is 125 cm³/mol. The molecule has 4 aromatic rings. The number of hydrogen-bond acceptors (Lipinski definition) is 4. The molecule has 0 amide bonds. The first-order valence-corrected chi connectivity index (χ1v) is 11.0. The first kappa shape index (κ1) is 20.3. The molecular formula is C28H24O4. The normalized spacial score (nSPS) is 12.3. The lowest BCUT2D eigenvalue weighted by atomic mass is 9.78. The Balaban J connectivity index is 1.77. The Morgan fingerprint density at radius 2 is 1.09 bits per heavy atom. The molecule has 0 radical (unpaired) electrons. The maximum Gasteiger partial charge on any atom is 0.339 e. The monoisotopic (exact) mass is 424 g/mol. The second-order valence-electron chi connectivity index (χ2n) is 8.02. The Bertz CT molecular complexity index is 1280. The molecule has 5 rings (SSSR count). The van der Waals surface area contributed by atoms with Crippen molar-refractivity contribution in [2.75, 3.05) is 13.2 Å². The van der Waals surface area contributed by atoms with Gasteiger partial charge in [0.1, 0.15) is 0 Å². The second kappa shape index (κ2) is 8.12. The maximum atomic E-state index is 13.0. The summed E-state index contributed by atoms with van der Waals surface area (Å²) in [5, 5.41) is 3.80. The van der Waals surface area contributed by atoms with E-state index in [-0.39, 0.29) is 11.9 Å². The van der Waals surface area contributed by atoms with Crippen LogP contribution in [0.15, 0.2) is 60.7 Å². The molecule has 0 aromatic heterocycles. The van der Waals surface area contributed by atoms with Crippen LogP contribution < -0.4 is 0 Å². The van der Waals surface area contributed by atoms with E-state index in [0.29, 0.717) is 37.2 Å². The van der Waals surface area contributed by atoms with Gasteiger partial charge in [0.25, 0.3) is 0 Å². The van der Waals surface area contributed by atoms with E-state index in [1.54, 1.807) is 0 Å². The van der Waals surface area contributed by atoms with Crippen LogP contribution in [-0.2, 0) is 22.3 Å². The van der Waals surface area contributed by atoms with Crippen LogP contribution in [0.25, 0.3) is 21.5 Å². The molecule has 0 N–H and O–H groups in total. The second-order valence-corrected chi connectivity index (χ2v) is 8.02. The Hall–Kier alpha value is -3.66. The molecule has 0 unspecified atom stereocenters. The van der Waals surface area contributed by atoms with Crippen molar-refractivity contribution in [1.29, 1.82) is 0 Å². The van der Waals surface area contributed by atoms with Gasteiger partial charge in [0.15, 0.2) is 0 Å².